The van der Waals surface area contributed by atoms with Crippen molar-refractivity contribution >= 4 is 29.1 Å². The Morgan fingerprint density at radius 1 is 1.29 bits per heavy atom. The smallest absolute Gasteiger partial charge is 0.313 e. The second kappa shape index (κ2) is 9.01. The molecular formula is C17H24ClN3O3. The van der Waals surface area contributed by atoms with E-state index in [1.165, 1.54) is 0 Å². The zero-order valence-corrected chi connectivity index (χ0v) is 14.6. The van der Waals surface area contributed by atoms with Gasteiger partial charge in [-0.25, -0.2) is 0 Å². The first-order chi connectivity index (χ1) is 11.5. The number of nitrogens with one attached hydrogen (secondary N) is 2. The van der Waals surface area contributed by atoms with Crippen LogP contribution in [0.25, 0.3) is 0 Å². The summed E-state index contributed by atoms with van der Waals surface area (Å²) < 4.78 is 0. The molecule has 6 nitrogen and oxygen atoms in total. The molecule has 1 fully saturated rings. The maximum atomic E-state index is 11.9. The van der Waals surface area contributed by atoms with E-state index < -0.39 is 11.8 Å². The van der Waals surface area contributed by atoms with Crippen molar-refractivity contribution in [2.75, 3.05) is 31.5 Å². The third kappa shape index (κ3) is 5.78. The number of hydrogen-bond acceptors (Lipinski definition) is 4. The van der Waals surface area contributed by atoms with Crippen molar-refractivity contribution in [1.29, 1.82) is 0 Å². The Hall–Kier alpha value is -1.63. The lowest BCUT2D eigenvalue weighted by molar-refractivity contribution is -0.136. The quantitative estimate of drug-likeness (QED) is 0.554. The van der Waals surface area contributed by atoms with Crippen LogP contribution in [0, 0.1) is 6.92 Å². The molecule has 0 aromatic heterocycles. The van der Waals surface area contributed by atoms with Crippen molar-refractivity contribution < 1.29 is 14.7 Å². The van der Waals surface area contributed by atoms with E-state index in [4.69, 9.17) is 11.6 Å². The first-order valence-electron chi connectivity index (χ1n) is 8.21. The van der Waals surface area contributed by atoms with Crippen molar-refractivity contribution in [1.82, 2.24) is 10.2 Å². The minimum atomic E-state index is -0.693. The Labute approximate surface area is 147 Å². The highest BCUT2D eigenvalue weighted by molar-refractivity contribution is 6.40. The Morgan fingerprint density at radius 3 is 2.71 bits per heavy atom. The summed E-state index contributed by atoms with van der Waals surface area (Å²) in [6, 6.07) is 5.13. The summed E-state index contributed by atoms with van der Waals surface area (Å²) in [5, 5.41) is 15.2. The van der Waals surface area contributed by atoms with Crippen LogP contribution in [0.15, 0.2) is 18.2 Å². The maximum Gasteiger partial charge on any atom is 0.313 e. The number of halogens is 1. The van der Waals surface area contributed by atoms with Gasteiger partial charge in [0.25, 0.3) is 0 Å². The summed E-state index contributed by atoms with van der Waals surface area (Å²) in [5.41, 5.74) is 1.38. The van der Waals surface area contributed by atoms with Crippen LogP contribution in [-0.2, 0) is 9.59 Å². The van der Waals surface area contributed by atoms with E-state index in [0.29, 0.717) is 17.3 Å². The summed E-state index contributed by atoms with van der Waals surface area (Å²) in [6.07, 6.45) is 2.19. The molecule has 24 heavy (non-hydrogen) atoms. The number of piperidine rings is 1. The summed E-state index contributed by atoms with van der Waals surface area (Å²) in [5.74, 6) is -1.34. The predicted octanol–water partition coefficient (Wildman–Crippen LogP) is 1.55. The van der Waals surface area contributed by atoms with Gasteiger partial charge in [0.2, 0.25) is 0 Å². The average Bonchev–Trinajstić information content (AvgIpc) is 2.56. The van der Waals surface area contributed by atoms with E-state index in [1.807, 2.05) is 6.92 Å². The second-order valence-corrected chi connectivity index (χ2v) is 6.53. The molecule has 1 aliphatic heterocycles. The normalized spacial score (nSPS) is 16.0. The molecule has 2 amide bonds. The number of benzene rings is 1. The van der Waals surface area contributed by atoms with Gasteiger partial charge in [0, 0.05) is 30.3 Å². The highest BCUT2D eigenvalue weighted by Gasteiger charge is 2.17. The standard InChI is InChI=1S/C17H24ClN3O3/c1-12-3-4-13(18)11-15(12)20-17(24)16(23)19-7-2-8-21-9-5-14(22)6-10-21/h3-4,11,14,22H,2,5-10H2,1H3,(H,19,23)(H,20,24). The van der Waals surface area contributed by atoms with Crippen molar-refractivity contribution in [2.24, 2.45) is 0 Å². The van der Waals surface area contributed by atoms with Crippen molar-refractivity contribution in [2.45, 2.75) is 32.3 Å². The molecule has 0 radical (unpaired) electrons. The molecule has 1 aromatic rings. The fraction of sp³-hybridized carbons (Fsp3) is 0.529. The number of hydrogen-bond donors (Lipinski definition) is 3. The number of aliphatic hydroxyl groups excluding tert-OH is 1. The molecule has 0 aliphatic carbocycles. The van der Waals surface area contributed by atoms with E-state index in [-0.39, 0.29) is 6.10 Å². The molecule has 3 N–H and O–H groups in total. The van der Waals surface area contributed by atoms with E-state index in [9.17, 15) is 14.7 Å². The van der Waals surface area contributed by atoms with Gasteiger partial charge in [-0.15, -0.1) is 0 Å². The Balaban J connectivity index is 1.68. The average molecular weight is 354 g/mol. The van der Waals surface area contributed by atoms with Crippen molar-refractivity contribution in [3.8, 4) is 0 Å². The lowest BCUT2D eigenvalue weighted by Gasteiger charge is -2.29. The van der Waals surface area contributed by atoms with Crippen LogP contribution in [-0.4, -0.2) is 54.1 Å². The number of nitrogens with zero attached hydrogens (tertiary/aromatic N) is 1. The summed E-state index contributed by atoms with van der Waals surface area (Å²) in [6.45, 7) is 4.88. The van der Waals surface area contributed by atoms with Crippen molar-refractivity contribution in [3.63, 3.8) is 0 Å². The van der Waals surface area contributed by atoms with Gasteiger partial charge < -0.3 is 20.6 Å². The van der Waals surface area contributed by atoms with Crippen LogP contribution in [0.4, 0.5) is 5.69 Å². The third-order valence-electron chi connectivity index (χ3n) is 4.15. The molecule has 0 spiro atoms. The lowest BCUT2D eigenvalue weighted by atomic mass is 10.1. The molecule has 0 atom stereocenters. The highest BCUT2D eigenvalue weighted by Crippen LogP contribution is 2.19. The van der Waals surface area contributed by atoms with Crippen molar-refractivity contribution in [3.05, 3.63) is 28.8 Å². The van der Waals surface area contributed by atoms with Gasteiger partial charge >= 0.3 is 11.8 Å². The Bertz CT molecular complexity index is 586. The summed E-state index contributed by atoms with van der Waals surface area (Å²) in [4.78, 5) is 26.0. The van der Waals surface area contributed by atoms with Gasteiger partial charge in [0.1, 0.15) is 0 Å². The van der Waals surface area contributed by atoms with E-state index in [2.05, 4.69) is 15.5 Å². The number of carbonyl (C=O) groups excluding carboxylic acids is 2. The van der Waals surface area contributed by atoms with Gasteiger partial charge in [-0.2, -0.15) is 0 Å². The molecule has 1 aromatic carbocycles. The first-order valence-corrected chi connectivity index (χ1v) is 8.59. The molecule has 1 heterocycles. The zero-order valence-electron chi connectivity index (χ0n) is 13.8. The molecule has 1 saturated heterocycles. The zero-order chi connectivity index (χ0) is 17.5. The molecule has 1 aliphatic rings. The van der Waals surface area contributed by atoms with Gasteiger partial charge in [-0.3, -0.25) is 9.59 Å². The number of aryl methyl sites for hydroxylation is 1. The molecule has 0 unspecified atom stereocenters. The van der Waals surface area contributed by atoms with Crippen LogP contribution in [0.1, 0.15) is 24.8 Å². The van der Waals surface area contributed by atoms with E-state index >= 15 is 0 Å². The summed E-state index contributed by atoms with van der Waals surface area (Å²) in [7, 11) is 0. The summed E-state index contributed by atoms with van der Waals surface area (Å²) >= 11 is 5.89. The van der Waals surface area contributed by atoms with Gasteiger partial charge in [0.05, 0.1) is 6.10 Å². The van der Waals surface area contributed by atoms with Crippen LogP contribution in [0.2, 0.25) is 5.02 Å². The largest absolute Gasteiger partial charge is 0.393 e. The Kier molecular flexibility index (Phi) is 7.02. The van der Waals surface area contributed by atoms with E-state index in [0.717, 1.165) is 44.5 Å². The number of amides is 2. The fourth-order valence-electron chi connectivity index (χ4n) is 2.64. The molecule has 0 bridgehead atoms. The van der Waals surface area contributed by atoms with E-state index in [1.54, 1.807) is 18.2 Å². The maximum absolute atomic E-state index is 11.9. The lowest BCUT2D eigenvalue weighted by Crippen LogP contribution is -2.39. The molecule has 0 saturated carbocycles. The number of carbonyl (C=O) groups is 2. The monoisotopic (exact) mass is 353 g/mol. The molecule has 7 heteroatoms. The van der Waals surface area contributed by atoms with Gasteiger partial charge in [0.15, 0.2) is 0 Å². The molecular weight excluding hydrogens is 330 g/mol. The molecule has 132 valence electrons. The third-order valence-corrected chi connectivity index (χ3v) is 4.38. The number of likely N-dealkylation sites (tertiary alicyclic amines) is 1. The van der Waals surface area contributed by atoms with Gasteiger partial charge in [-0.05, 0) is 50.4 Å². The predicted molar refractivity (Wildman–Crippen MR) is 94.1 cm³/mol. The molecule has 2 rings (SSSR count). The SMILES string of the molecule is Cc1ccc(Cl)cc1NC(=O)C(=O)NCCCN1CCC(O)CC1. The fourth-order valence-corrected chi connectivity index (χ4v) is 2.81. The Morgan fingerprint density at radius 2 is 2.00 bits per heavy atom. The topological polar surface area (TPSA) is 81.7 Å². The minimum Gasteiger partial charge on any atom is -0.393 e. The minimum absolute atomic E-state index is 0.181. The van der Waals surface area contributed by atoms with Crippen LogP contribution in [0.3, 0.4) is 0 Å². The first kappa shape index (κ1) is 18.7. The van der Waals surface area contributed by atoms with Gasteiger partial charge in [-0.1, -0.05) is 17.7 Å². The number of rotatable bonds is 5. The van der Waals surface area contributed by atoms with Crippen LogP contribution < -0.4 is 10.6 Å². The second-order valence-electron chi connectivity index (χ2n) is 6.10. The number of anilines is 1. The highest BCUT2D eigenvalue weighted by atomic mass is 35.5. The van der Waals surface area contributed by atoms with Crippen LogP contribution >= 0.6 is 11.6 Å². The van der Waals surface area contributed by atoms with Crippen LogP contribution in [0.5, 0.6) is 0 Å². The number of aliphatic hydroxyl groups is 1.